The minimum Gasteiger partial charge on any atom is -0.454 e. The number of fused-ring (bicyclic) bond motifs is 2. The summed E-state index contributed by atoms with van der Waals surface area (Å²) in [4.78, 5) is 18.9. The fourth-order valence-electron chi connectivity index (χ4n) is 3.81. The molecule has 1 saturated heterocycles. The highest BCUT2D eigenvalue weighted by atomic mass is 16.7. The van der Waals surface area contributed by atoms with E-state index in [1.54, 1.807) is 4.90 Å². The van der Waals surface area contributed by atoms with E-state index in [0.29, 0.717) is 41.9 Å². The van der Waals surface area contributed by atoms with Crippen LogP contribution in [0.15, 0.2) is 47.0 Å². The molecule has 0 bridgehead atoms. The van der Waals surface area contributed by atoms with Crippen LogP contribution in [0.3, 0.4) is 0 Å². The predicted octanol–water partition coefficient (Wildman–Crippen LogP) is 2.86. The van der Waals surface area contributed by atoms with Crippen LogP contribution in [-0.4, -0.2) is 39.6 Å². The van der Waals surface area contributed by atoms with Crippen LogP contribution in [0.1, 0.15) is 18.2 Å². The molecular formula is C20H15N5O4. The molecule has 9 nitrogen and oxygen atoms in total. The van der Waals surface area contributed by atoms with E-state index in [4.69, 9.17) is 14.0 Å². The second kappa shape index (κ2) is 6.06. The first kappa shape index (κ1) is 16.1. The highest BCUT2D eigenvalue weighted by Crippen LogP contribution is 2.38. The lowest BCUT2D eigenvalue weighted by Gasteiger charge is -2.16. The summed E-state index contributed by atoms with van der Waals surface area (Å²) in [6.07, 6.45) is 0.314. The summed E-state index contributed by atoms with van der Waals surface area (Å²) in [5, 5.41) is 12.3. The third-order valence-corrected chi connectivity index (χ3v) is 5.27. The van der Waals surface area contributed by atoms with Crippen LogP contribution in [0.25, 0.3) is 22.5 Å². The van der Waals surface area contributed by atoms with E-state index in [9.17, 15) is 4.79 Å². The second-order valence-electron chi connectivity index (χ2n) is 7.02. The number of hydrogen-bond donors (Lipinski definition) is 1. The van der Waals surface area contributed by atoms with Gasteiger partial charge < -0.3 is 18.9 Å². The van der Waals surface area contributed by atoms with Crippen molar-refractivity contribution in [2.24, 2.45) is 0 Å². The van der Waals surface area contributed by atoms with Crippen molar-refractivity contribution in [2.75, 3.05) is 18.2 Å². The van der Waals surface area contributed by atoms with Crippen molar-refractivity contribution < 1.29 is 18.8 Å². The van der Waals surface area contributed by atoms with Crippen molar-refractivity contribution in [3.63, 3.8) is 0 Å². The van der Waals surface area contributed by atoms with Crippen LogP contribution >= 0.6 is 0 Å². The number of para-hydroxylation sites is 1. The summed E-state index contributed by atoms with van der Waals surface area (Å²) in [5.41, 5.74) is 2.27. The van der Waals surface area contributed by atoms with E-state index < -0.39 is 0 Å². The number of carbonyl (C=O) groups excluding carboxylic acids is 1. The first-order valence-electron chi connectivity index (χ1n) is 9.23. The summed E-state index contributed by atoms with van der Waals surface area (Å²) < 4.78 is 16.2. The Labute approximate surface area is 164 Å². The molecule has 0 radical (unpaired) electrons. The van der Waals surface area contributed by atoms with Crippen molar-refractivity contribution in [2.45, 2.75) is 12.3 Å². The van der Waals surface area contributed by atoms with Crippen molar-refractivity contribution in [1.29, 1.82) is 0 Å². The van der Waals surface area contributed by atoms with E-state index in [2.05, 4.69) is 20.3 Å². The number of ether oxygens (including phenoxy) is 2. The minimum atomic E-state index is -0.157. The van der Waals surface area contributed by atoms with Gasteiger partial charge in [0.15, 0.2) is 23.0 Å². The van der Waals surface area contributed by atoms with Crippen molar-refractivity contribution in [1.82, 2.24) is 20.3 Å². The van der Waals surface area contributed by atoms with Gasteiger partial charge in [-0.05, 0) is 18.2 Å². The van der Waals surface area contributed by atoms with Gasteiger partial charge in [-0.3, -0.25) is 9.89 Å². The fourth-order valence-corrected chi connectivity index (χ4v) is 3.81. The molecule has 4 heterocycles. The molecule has 2 aliphatic rings. The van der Waals surface area contributed by atoms with E-state index in [-0.39, 0.29) is 18.6 Å². The Balaban J connectivity index is 1.27. The maximum atomic E-state index is 12.6. The average Bonchev–Trinajstić information content (AvgIpc) is 3.51. The smallest absolute Gasteiger partial charge is 0.279 e. The molecule has 1 N–H and O–H groups in total. The molecule has 1 unspecified atom stereocenters. The Bertz CT molecular complexity index is 1250. The van der Waals surface area contributed by atoms with Crippen molar-refractivity contribution >= 4 is 22.5 Å². The van der Waals surface area contributed by atoms with Gasteiger partial charge in [-0.1, -0.05) is 23.4 Å². The number of nitrogens with one attached hydrogen (secondary N) is 1. The molecule has 1 atom stereocenters. The highest BCUT2D eigenvalue weighted by Gasteiger charge is 2.35. The number of nitrogens with zero attached hydrogens (tertiary/aromatic N) is 4. The quantitative estimate of drug-likeness (QED) is 0.574. The van der Waals surface area contributed by atoms with Crippen molar-refractivity contribution in [3.8, 4) is 23.1 Å². The fraction of sp³-hybridized carbons (Fsp3) is 0.200. The molecule has 4 aromatic rings. The van der Waals surface area contributed by atoms with Crippen LogP contribution in [-0.2, 0) is 4.79 Å². The number of aromatic nitrogens is 4. The lowest BCUT2D eigenvalue weighted by Crippen LogP contribution is -2.24. The summed E-state index contributed by atoms with van der Waals surface area (Å²) in [5.74, 6) is 2.02. The Kier molecular flexibility index (Phi) is 3.37. The molecule has 2 aromatic heterocycles. The average molecular weight is 389 g/mol. The Hall–Kier alpha value is -3.88. The van der Waals surface area contributed by atoms with Crippen LogP contribution in [0.5, 0.6) is 11.5 Å². The van der Waals surface area contributed by atoms with Gasteiger partial charge in [-0.2, -0.15) is 10.1 Å². The maximum Gasteiger partial charge on any atom is 0.279 e. The number of hydrogen-bond acceptors (Lipinski definition) is 7. The van der Waals surface area contributed by atoms with Gasteiger partial charge in [0, 0.05) is 36.0 Å². The first-order chi connectivity index (χ1) is 14.3. The van der Waals surface area contributed by atoms with Crippen molar-refractivity contribution in [3.05, 3.63) is 48.3 Å². The molecule has 2 aliphatic heterocycles. The summed E-state index contributed by atoms with van der Waals surface area (Å²) in [6.45, 7) is 0.668. The highest BCUT2D eigenvalue weighted by molar-refractivity contribution is 5.96. The van der Waals surface area contributed by atoms with Gasteiger partial charge in [0.05, 0.1) is 5.52 Å². The van der Waals surface area contributed by atoms with E-state index in [1.807, 2.05) is 42.5 Å². The van der Waals surface area contributed by atoms with Crippen LogP contribution < -0.4 is 14.4 Å². The Morgan fingerprint density at radius 3 is 2.97 bits per heavy atom. The molecule has 2 aromatic carbocycles. The van der Waals surface area contributed by atoms with Gasteiger partial charge in [-0.25, -0.2) is 0 Å². The monoisotopic (exact) mass is 389 g/mol. The van der Waals surface area contributed by atoms with Gasteiger partial charge in [0.25, 0.3) is 5.89 Å². The maximum absolute atomic E-state index is 12.6. The van der Waals surface area contributed by atoms with Gasteiger partial charge >= 0.3 is 0 Å². The molecule has 1 amide bonds. The third-order valence-electron chi connectivity index (χ3n) is 5.27. The van der Waals surface area contributed by atoms with E-state index >= 15 is 0 Å². The topological polar surface area (TPSA) is 106 Å². The zero-order chi connectivity index (χ0) is 19.4. The summed E-state index contributed by atoms with van der Waals surface area (Å²) >= 11 is 0. The molecule has 29 heavy (non-hydrogen) atoms. The number of aromatic amines is 1. The Morgan fingerprint density at radius 1 is 1.10 bits per heavy atom. The second-order valence-corrected chi connectivity index (χ2v) is 7.02. The largest absolute Gasteiger partial charge is 0.454 e. The molecule has 9 heteroatoms. The Morgan fingerprint density at radius 2 is 2.00 bits per heavy atom. The lowest BCUT2D eigenvalue weighted by atomic mass is 10.1. The van der Waals surface area contributed by atoms with Gasteiger partial charge in [-0.15, -0.1) is 0 Å². The number of rotatable bonds is 3. The molecule has 0 aliphatic carbocycles. The molecular weight excluding hydrogens is 374 g/mol. The van der Waals surface area contributed by atoms with Gasteiger partial charge in [0.1, 0.15) is 0 Å². The molecule has 1 fully saturated rings. The number of anilines is 1. The number of amides is 1. The summed E-state index contributed by atoms with van der Waals surface area (Å²) in [7, 11) is 0. The SMILES string of the molecule is O=C1CC(c2noc(-c3n[nH]c4ccccc34)n2)CN1c1ccc2c(c1)OCO2. The van der Waals surface area contributed by atoms with Crippen LogP contribution in [0.2, 0.25) is 0 Å². The minimum absolute atomic E-state index is 0.00503. The number of benzene rings is 2. The molecule has 0 spiro atoms. The third kappa shape index (κ3) is 2.54. The first-order valence-corrected chi connectivity index (χ1v) is 9.23. The molecule has 6 rings (SSSR count). The van der Waals surface area contributed by atoms with Crippen LogP contribution in [0.4, 0.5) is 5.69 Å². The zero-order valence-corrected chi connectivity index (χ0v) is 15.2. The van der Waals surface area contributed by atoms with E-state index in [1.165, 1.54) is 0 Å². The predicted molar refractivity (Wildman–Crippen MR) is 102 cm³/mol. The normalized spacial score (nSPS) is 18.1. The molecule has 0 saturated carbocycles. The molecule has 144 valence electrons. The van der Waals surface area contributed by atoms with Gasteiger partial charge in [0.2, 0.25) is 12.7 Å². The van der Waals surface area contributed by atoms with Crippen LogP contribution in [0, 0.1) is 0 Å². The lowest BCUT2D eigenvalue weighted by molar-refractivity contribution is -0.117. The summed E-state index contributed by atoms with van der Waals surface area (Å²) in [6, 6.07) is 13.2. The zero-order valence-electron chi connectivity index (χ0n) is 15.2. The number of H-pyrrole nitrogens is 1. The standard InChI is InChI=1S/C20H15N5O4/c26-17-7-11(9-25(17)12-5-6-15-16(8-12)28-10-27-15)19-21-20(29-24-19)18-13-3-1-2-4-14(13)22-23-18/h1-6,8,11H,7,9-10H2,(H,22,23). The number of carbonyl (C=O) groups is 1. The van der Waals surface area contributed by atoms with E-state index in [0.717, 1.165) is 16.6 Å².